The van der Waals surface area contributed by atoms with Gasteiger partial charge < -0.3 is 0 Å². The highest BCUT2D eigenvalue weighted by Gasteiger charge is 2.07. The monoisotopic (exact) mass is 202 g/mol. The van der Waals surface area contributed by atoms with Crippen LogP contribution in [0.5, 0.6) is 0 Å². The Morgan fingerprint density at radius 3 is 2.57 bits per heavy atom. The lowest BCUT2D eigenvalue weighted by Crippen LogP contribution is -1.86. The quantitative estimate of drug-likeness (QED) is 0.667. The highest BCUT2D eigenvalue weighted by Crippen LogP contribution is 2.31. The van der Waals surface area contributed by atoms with Gasteiger partial charge in [0, 0.05) is 0 Å². The van der Waals surface area contributed by atoms with Crippen LogP contribution in [0.1, 0.15) is 18.1 Å². The second-order valence-electron chi connectivity index (χ2n) is 3.35. The minimum Gasteiger partial charge on any atom is -0.274 e. The second-order valence-corrected chi connectivity index (χ2v) is 4.34. The van der Waals surface area contributed by atoms with Crippen LogP contribution < -0.4 is 0 Å². The molecule has 2 aromatic carbocycles. The zero-order valence-electron chi connectivity index (χ0n) is 7.97. The minimum atomic E-state index is 0.0705. The van der Waals surface area contributed by atoms with Gasteiger partial charge in [0.25, 0.3) is 0 Å². The molecule has 0 bridgehead atoms. The molecule has 2 aromatic rings. The first-order valence-electron chi connectivity index (χ1n) is 4.63. The molecule has 1 unspecified atom stereocenters. The van der Waals surface area contributed by atoms with Crippen LogP contribution in [-0.2, 0) is 4.57 Å². The number of rotatable bonds is 2. The molecule has 0 aliphatic carbocycles. The molecule has 0 radical (unpaired) electrons. The topological polar surface area (TPSA) is 17.1 Å². The first-order valence-corrected chi connectivity index (χ1v) is 5.51. The van der Waals surface area contributed by atoms with E-state index >= 15 is 0 Å². The predicted molar refractivity (Wildman–Crippen MR) is 60.0 cm³/mol. The van der Waals surface area contributed by atoms with E-state index in [1.54, 1.807) is 0 Å². The van der Waals surface area contributed by atoms with Gasteiger partial charge in [0.15, 0.2) is 8.46 Å². The molecule has 0 aliphatic rings. The van der Waals surface area contributed by atoms with Crippen LogP contribution in [0.2, 0.25) is 0 Å². The fraction of sp³-hybridized carbons (Fsp3) is 0.167. The highest BCUT2D eigenvalue weighted by atomic mass is 31.1. The van der Waals surface area contributed by atoms with Crippen molar-refractivity contribution in [3.05, 3.63) is 48.0 Å². The van der Waals surface area contributed by atoms with Crippen molar-refractivity contribution in [1.82, 2.24) is 0 Å². The van der Waals surface area contributed by atoms with E-state index in [0.29, 0.717) is 0 Å². The van der Waals surface area contributed by atoms with E-state index in [-0.39, 0.29) is 14.1 Å². The maximum atomic E-state index is 10.8. The number of hydrogen-bond donors (Lipinski definition) is 0. The summed E-state index contributed by atoms with van der Waals surface area (Å²) in [6.07, 6.45) is 0. The third-order valence-electron chi connectivity index (χ3n) is 2.43. The van der Waals surface area contributed by atoms with Crippen LogP contribution in [0.15, 0.2) is 42.5 Å². The highest BCUT2D eigenvalue weighted by molar-refractivity contribution is 7.24. The summed E-state index contributed by atoms with van der Waals surface area (Å²) in [7, 11) is 0.182. The van der Waals surface area contributed by atoms with Gasteiger partial charge >= 0.3 is 0 Å². The Bertz CT molecular complexity index is 459. The molecule has 1 atom stereocenters. The van der Waals surface area contributed by atoms with Gasteiger partial charge in [-0.15, -0.1) is 0 Å². The van der Waals surface area contributed by atoms with Crippen molar-refractivity contribution in [3.63, 3.8) is 0 Å². The Morgan fingerprint density at radius 2 is 1.79 bits per heavy atom. The summed E-state index contributed by atoms with van der Waals surface area (Å²) in [5.74, 6) is 0. The van der Waals surface area contributed by atoms with Crippen molar-refractivity contribution in [2.45, 2.75) is 12.6 Å². The van der Waals surface area contributed by atoms with Crippen LogP contribution in [0, 0.1) is 0 Å². The van der Waals surface area contributed by atoms with Crippen molar-refractivity contribution < 1.29 is 4.57 Å². The summed E-state index contributed by atoms with van der Waals surface area (Å²) in [5, 5.41) is 2.41. The third-order valence-corrected chi connectivity index (χ3v) is 3.03. The maximum Gasteiger partial charge on any atom is 0.163 e. The molecule has 0 spiro atoms. The summed E-state index contributed by atoms with van der Waals surface area (Å²) < 4.78 is 10.8. The van der Waals surface area contributed by atoms with Gasteiger partial charge in [-0.3, -0.25) is 4.57 Å². The summed E-state index contributed by atoms with van der Waals surface area (Å²) in [6.45, 7) is 1.97. The standard InChI is InChI=1S/C12H11OP/c1-9(14-13)11-8-4-6-10-5-2-3-7-12(10)11/h2-9H,1H3. The molecule has 1 nitrogen and oxygen atoms in total. The molecule has 0 heterocycles. The van der Waals surface area contributed by atoms with E-state index < -0.39 is 0 Å². The van der Waals surface area contributed by atoms with Crippen LogP contribution in [0.25, 0.3) is 10.8 Å². The fourth-order valence-electron chi connectivity index (χ4n) is 1.67. The Labute approximate surface area is 85.0 Å². The Kier molecular flexibility index (Phi) is 2.60. The normalized spacial score (nSPS) is 13.2. The van der Waals surface area contributed by atoms with Gasteiger partial charge in [0.2, 0.25) is 0 Å². The van der Waals surface area contributed by atoms with Gasteiger partial charge in [-0.25, -0.2) is 0 Å². The Hall–Kier alpha value is -1.20. The van der Waals surface area contributed by atoms with E-state index in [1.165, 1.54) is 10.8 Å². The van der Waals surface area contributed by atoms with Crippen LogP contribution in [0.3, 0.4) is 0 Å². The smallest absolute Gasteiger partial charge is 0.163 e. The first kappa shape index (κ1) is 9.36. The molecule has 14 heavy (non-hydrogen) atoms. The van der Waals surface area contributed by atoms with Crippen LogP contribution in [-0.4, -0.2) is 0 Å². The summed E-state index contributed by atoms with van der Waals surface area (Å²) in [4.78, 5) is 0. The van der Waals surface area contributed by atoms with Crippen molar-refractivity contribution in [1.29, 1.82) is 0 Å². The van der Waals surface area contributed by atoms with E-state index in [9.17, 15) is 4.57 Å². The summed E-state index contributed by atoms with van der Waals surface area (Å²) >= 11 is 0. The zero-order valence-corrected chi connectivity index (χ0v) is 8.87. The van der Waals surface area contributed by atoms with Gasteiger partial charge in [0.05, 0.1) is 5.66 Å². The molecule has 0 saturated heterocycles. The van der Waals surface area contributed by atoms with Gasteiger partial charge in [-0.2, -0.15) is 0 Å². The van der Waals surface area contributed by atoms with Gasteiger partial charge in [-0.1, -0.05) is 42.5 Å². The molecular weight excluding hydrogens is 191 g/mol. The van der Waals surface area contributed by atoms with E-state index in [2.05, 4.69) is 18.2 Å². The van der Waals surface area contributed by atoms with Gasteiger partial charge in [-0.05, 0) is 23.3 Å². The largest absolute Gasteiger partial charge is 0.274 e. The molecule has 70 valence electrons. The van der Waals surface area contributed by atoms with Crippen molar-refractivity contribution in [3.8, 4) is 0 Å². The fourth-order valence-corrected chi connectivity index (χ4v) is 2.01. The van der Waals surface area contributed by atoms with Crippen molar-refractivity contribution >= 4 is 19.2 Å². The van der Waals surface area contributed by atoms with Gasteiger partial charge in [0.1, 0.15) is 0 Å². The predicted octanol–water partition coefficient (Wildman–Crippen LogP) is 4.19. The third kappa shape index (κ3) is 1.56. The average molecular weight is 202 g/mol. The lowest BCUT2D eigenvalue weighted by atomic mass is 10.0. The molecule has 2 heteroatoms. The molecule has 0 saturated carbocycles. The van der Waals surface area contributed by atoms with Crippen LogP contribution in [0.4, 0.5) is 0 Å². The maximum absolute atomic E-state index is 10.8. The minimum absolute atomic E-state index is 0.0705. The molecule has 0 aromatic heterocycles. The van der Waals surface area contributed by atoms with Crippen LogP contribution >= 0.6 is 8.46 Å². The van der Waals surface area contributed by atoms with E-state index in [4.69, 9.17) is 0 Å². The van der Waals surface area contributed by atoms with Crippen molar-refractivity contribution in [2.24, 2.45) is 0 Å². The zero-order chi connectivity index (χ0) is 9.97. The average Bonchev–Trinajstić information content (AvgIpc) is 2.27. The molecule has 2 rings (SSSR count). The molecule has 0 aliphatic heterocycles. The molecule has 0 amide bonds. The summed E-state index contributed by atoms with van der Waals surface area (Å²) in [5.41, 5.74) is 1.22. The van der Waals surface area contributed by atoms with Crippen molar-refractivity contribution in [2.75, 3.05) is 0 Å². The SMILES string of the molecule is CC(P=O)c1cccc2ccccc12. The van der Waals surface area contributed by atoms with E-state index in [0.717, 1.165) is 5.56 Å². The lowest BCUT2D eigenvalue weighted by molar-refractivity contribution is 0.594. The van der Waals surface area contributed by atoms with E-state index in [1.807, 2.05) is 31.2 Å². The Morgan fingerprint density at radius 1 is 1.07 bits per heavy atom. The summed E-state index contributed by atoms with van der Waals surface area (Å²) in [6, 6.07) is 14.3. The number of fused-ring (bicyclic) bond motifs is 1. The number of hydrogen-bond acceptors (Lipinski definition) is 1. The Balaban J connectivity index is 2.70. The molecule has 0 fully saturated rings. The molecular formula is C12H11OP. The second kappa shape index (κ2) is 3.89. The molecule has 0 N–H and O–H groups in total. The lowest BCUT2D eigenvalue weighted by Gasteiger charge is -2.07. The first-order chi connectivity index (χ1) is 6.83. The number of benzene rings is 2.